The first kappa shape index (κ1) is 104. The molecule has 8 aromatic carbocycles. The number of hydrogen-bond donors (Lipinski definition) is 8. The summed E-state index contributed by atoms with van der Waals surface area (Å²) in [6, 6.07) is 40.4. The number of halogens is 2. The van der Waals surface area contributed by atoms with Crippen molar-refractivity contribution in [2.75, 3.05) is 27.1 Å². The molecule has 8 N–H and O–H groups in total. The van der Waals surface area contributed by atoms with Crippen LogP contribution in [0.25, 0.3) is 43.1 Å². The first-order chi connectivity index (χ1) is 70.4. The van der Waals surface area contributed by atoms with E-state index >= 15 is 0 Å². The maximum atomic E-state index is 13.3. The van der Waals surface area contributed by atoms with Gasteiger partial charge in [-0.25, -0.2) is 0 Å². The predicted molar refractivity (Wildman–Crippen MR) is 564 cm³/mol. The van der Waals surface area contributed by atoms with Gasteiger partial charge in [-0.2, -0.15) is 33.9 Å². The van der Waals surface area contributed by atoms with E-state index in [4.69, 9.17) is 9.29 Å². The van der Waals surface area contributed by atoms with E-state index in [1.54, 1.807) is 17.3 Å². The molecule has 6 saturated carbocycles. The van der Waals surface area contributed by atoms with Crippen molar-refractivity contribution in [1.82, 2.24) is 60.0 Å². The minimum Gasteiger partial charge on any atom is -0.393 e. The summed E-state index contributed by atoms with van der Waals surface area (Å²) >= 11 is 6.59. The number of piperidine rings is 2. The number of aromatic amines is 1. The Morgan fingerprint density at radius 2 is 0.862 bits per heavy atom. The first-order valence-electron chi connectivity index (χ1n) is 51.1. The van der Waals surface area contributed by atoms with Crippen molar-refractivity contribution >= 4 is 168 Å². The molecule has 25 rings (SSSR count). The molecule has 11 heterocycles. The van der Waals surface area contributed by atoms with Crippen molar-refractivity contribution in [3.8, 4) is 0 Å². The van der Waals surface area contributed by atoms with Crippen molar-refractivity contribution in [2.45, 2.75) is 284 Å². The van der Waals surface area contributed by atoms with Gasteiger partial charge in [-0.05, 0) is 194 Å². The van der Waals surface area contributed by atoms with Gasteiger partial charge in [-0.3, -0.25) is 91.5 Å². The van der Waals surface area contributed by atoms with E-state index in [1.165, 1.54) is 170 Å². The van der Waals surface area contributed by atoms with E-state index in [-0.39, 0.29) is 64.8 Å². The minimum absolute atomic E-state index is 0.00266. The molecule has 0 bridgehead atoms. The number of nitrogens with one attached hydrogen (secondary N) is 6. The van der Waals surface area contributed by atoms with Crippen molar-refractivity contribution in [3.05, 3.63) is 255 Å². The number of aldehydes is 2. The van der Waals surface area contributed by atoms with Gasteiger partial charge in [0.25, 0.3) is 33.7 Å². The highest BCUT2D eigenvalue weighted by molar-refractivity contribution is 9.10. The number of amides is 8. The standard InChI is InChI=1S/C26H26N4O3.C21H21N3O2.C21H21N3O.C11H6BrNO.C10H14N2O.C7H14O3S.C6H12O.C5H6BrNO2.C4H4N2O/c31-23-12-11-22(25(32)28-23)30-21-10-9-17(19-7-4-8-20(24(19)21)26(30)33)13-16-14-27-29(15-16)18-5-2-1-3-6-18;25-20(13-11-22-24(12-13)14-5-2-1-3-6-14)16-9-10-18-19-15(16)7-4-8-17(19)21(26)23-18;25-21-18-8-4-7-17-15(9-10-19(23-21)20(17)18)11-14-12-22-24(13-14)16-5-2-1-3-6-16;12-8-4-5-9-10-6(8)2-1-3-7(10)11(14)13-9;13-8-9-6-11-12(7-9)10-4-2-1-3-5-10;1-11(8,9)10-7-5-3-2-4-6-7;7-6-4-2-1-3-5-6;6-3-1-2-4(8)7-5(3)9;7-3-4-1-5-6-2-4/h4,7-10,14-15,18,22H,1-3,5-6,11-13H2,(H,28,31,32);4,7-12,14,20,25H,1-3,5-6H2,(H,23,26);4,7-10,12-13,16H,1-3,5-6,11H2,(H,23,25);1-5H,(H,13,14);6-8,10H,1-5H2;7H,2-6H2,1H3;6-7H,1-5H2;3H,1-2H2,(H,7,8,9);1-3H,(H,5,6). The van der Waals surface area contributed by atoms with Gasteiger partial charge in [-0.15, -0.1) is 0 Å². The van der Waals surface area contributed by atoms with E-state index < -0.39 is 28.2 Å². The first-order valence-corrected chi connectivity index (χ1v) is 54.6. The largest absolute Gasteiger partial charge is 0.393 e. The zero-order valence-corrected chi connectivity index (χ0v) is 85.5. The third-order valence-electron chi connectivity index (χ3n) is 29.2. The second-order valence-electron chi connectivity index (χ2n) is 39.4. The molecule has 12 aliphatic rings. The Hall–Kier alpha value is -12.9. The summed E-state index contributed by atoms with van der Waals surface area (Å²) < 4.78 is 35.5. The minimum atomic E-state index is -3.22. The molecule has 8 amide bonds. The Morgan fingerprint density at radius 3 is 1.33 bits per heavy atom. The number of aromatic nitrogens is 10. The van der Waals surface area contributed by atoms with E-state index in [9.17, 15) is 61.5 Å². The molecule has 3 unspecified atom stereocenters. The molecule has 3 atom stereocenters. The summed E-state index contributed by atoms with van der Waals surface area (Å²) in [5.74, 6) is -1.34. The number of H-pyrrole nitrogens is 1. The fraction of sp³-hybridized carbons (Fsp3) is 0.414. The quantitative estimate of drug-likeness (QED) is 0.0204. The van der Waals surface area contributed by atoms with E-state index in [0.717, 1.165) is 181 Å². The van der Waals surface area contributed by atoms with Crippen molar-refractivity contribution in [3.63, 3.8) is 0 Å². The highest BCUT2D eigenvalue weighted by Gasteiger charge is 2.42. The molecule has 145 heavy (non-hydrogen) atoms. The third-order valence-corrected chi connectivity index (χ3v) is 31.3. The van der Waals surface area contributed by atoms with Crippen LogP contribution in [0.3, 0.4) is 0 Å². The van der Waals surface area contributed by atoms with Crippen LogP contribution in [0.4, 0.5) is 22.7 Å². The van der Waals surface area contributed by atoms with Crippen LogP contribution in [0.5, 0.6) is 0 Å². The average molecular weight is 2110 g/mol. The van der Waals surface area contributed by atoms with E-state index in [1.807, 2.05) is 137 Å². The molecule has 13 aromatic rings. The maximum absolute atomic E-state index is 13.3. The molecule has 758 valence electrons. The second-order valence-corrected chi connectivity index (χ2v) is 42.9. The van der Waals surface area contributed by atoms with Gasteiger partial charge in [-0.1, -0.05) is 214 Å². The fourth-order valence-corrected chi connectivity index (χ4v) is 23.2. The number of carbonyl (C=O) groups excluding carboxylic acids is 10. The van der Waals surface area contributed by atoms with Crippen molar-refractivity contribution < 1.29 is 70.8 Å². The summed E-state index contributed by atoms with van der Waals surface area (Å²) in [4.78, 5) is 116. The number of hydrogen-bond acceptors (Lipinski definition) is 20. The van der Waals surface area contributed by atoms with Crippen LogP contribution in [-0.2, 0) is 46.3 Å². The summed E-state index contributed by atoms with van der Waals surface area (Å²) in [6.45, 7) is 0. The number of benzene rings is 8. The Morgan fingerprint density at radius 1 is 0.434 bits per heavy atom. The summed E-state index contributed by atoms with van der Waals surface area (Å²) in [5, 5.41) is 65.3. The number of nitrogens with zero attached hydrogens (tertiary/aromatic N) is 10. The third kappa shape index (κ3) is 25.5. The lowest BCUT2D eigenvalue weighted by Gasteiger charge is -2.30. The number of anilines is 4. The number of aliphatic hydroxyl groups excluding tert-OH is 2. The lowest BCUT2D eigenvalue weighted by Crippen LogP contribution is -2.53. The van der Waals surface area contributed by atoms with Gasteiger partial charge in [0.05, 0.1) is 95.3 Å². The molecule has 34 heteroatoms. The molecule has 6 aliphatic carbocycles. The van der Waals surface area contributed by atoms with Gasteiger partial charge < -0.3 is 26.2 Å². The van der Waals surface area contributed by atoms with Crippen LogP contribution < -0.4 is 31.5 Å². The lowest BCUT2D eigenvalue weighted by atomic mass is 9.94. The second kappa shape index (κ2) is 48.4. The smallest absolute Gasteiger partial charge is 0.264 e. The Kier molecular flexibility index (Phi) is 34.6. The molecule has 5 aromatic heterocycles. The zero-order valence-electron chi connectivity index (χ0n) is 81.5. The SMILES string of the molecule is CS(=O)(=O)OC1CCCCC1.O=C1CCC(Br)C(=O)N1.O=C1CCC(N2C(=O)c3cccc4c(Cc5cnn(C6CCCCC6)c5)ccc2c34)C(=O)N1.O=C1Nc2ccc(Br)c3cccc1c23.O=C1Nc2ccc(C(O)c3cnn(C4CCCCC4)c3)c3cccc1c23.O=C1Nc2ccc(Cc3cnn(C4CCCCC4)c3)c3cccc1c23.O=Cc1cn[nH]c1.O=Cc1cnn(C2CCCCC2)c1.OC1CCCCC1. The van der Waals surface area contributed by atoms with Crippen LogP contribution in [0, 0.1) is 0 Å². The average Bonchev–Trinajstić information content (AvgIpc) is 1.57. The summed E-state index contributed by atoms with van der Waals surface area (Å²) in [6.07, 6.45) is 60.0. The van der Waals surface area contributed by atoms with Gasteiger partial charge in [0.15, 0.2) is 12.6 Å². The number of aliphatic hydroxyl groups is 2. The topological polar surface area (TPSA) is 418 Å². The number of rotatable bonds is 15. The van der Waals surface area contributed by atoms with Crippen LogP contribution in [0.15, 0.2) is 188 Å². The predicted octanol–water partition coefficient (Wildman–Crippen LogP) is 21.2. The highest BCUT2D eigenvalue weighted by atomic mass is 79.9. The molecular formula is C111H124Br2N16O15S. The Balaban J connectivity index is 0.000000117. The molecule has 8 fully saturated rings. The highest BCUT2D eigenvalue weighted by Crippen LogP contribution is 2.45. The Bertz CT molecular complexity index is 7000. The molecule has 2 saturated heterocycles. The molecular weight excluding hydrogens is 1990 g/mol. The Labute approximate surface area is 858 Å². The van der Waals surface area contributed by atoms with Crippen LogP contribution in [0.1, 0.15) is 344 Å². The van der Waals surface area contributed by atoms with Crippen LogP contribution >= 0.6 is 31.9 Å². The summed E-state index contributed by atoms with van der Waals surface area (Å²) in [5.41, 5.74) is 13.9. The van der Waals surface area contributed by atoms with Gasteiger partial charge in [0.1, 0.15) is 12.1 Å². The molecule has 6 aliphatic heterocycles. The van der Waals surface area contributed by atoms with Gasteiger partial charge >= 0.3 is 0 Å². The maximum Gasteiger partial charge on any atom is 0.264 e. The van der Waals surface area contributed by atoms with Gasteiger partial charge in [0, 0.05) is 128 Å². The zero-order chi connectivity index (χ0) is 101. The molecule has 0 spiro atoms. The number of imide groups is 2. The van der Waals surface area contributed by atoms with E-state index in [2.05, 4.69) is 129 Å². The van der Waals surface area contributed by atoms with E-state index in [0.29, 0.717) is 65.7 Å². The lowest BCUT2D eigenvalue weighted by molar-refractivity contribution is -0.135. The summed E-state index contributed by atoms with van der Waals surface area (Å²) in [7, 11) is -3.22. The number of carbonyl (C=O) groups is 10. The van der Waals surface area contributed by atoms with Crippen molar-refractivity contribution in [1.29, 1.82) is 0 Å². The number of alkyl halides is 1. The normalized spacial score (nSPS) is 19.1. The van der Waals surface area contributed by atoms with Crippen LogP contribution in [-0.4, -0.2) is 157 Å². The van der Waals surface area contributed by atoms with Crippen molar-refractivity contribution in [2.24, 2.45) is 0 Å². The monoisotopic (exact) mass is 2110 g/mol. The molecule has 31 nitrogen and oxygen atoms in total. The van der Waals surface area contributed by atoms with Gasteiger partial charge in [0.2, 0.25) is 23.6 Å². The molecule has 0 radical (unpaired) electrons. The van der Waals surface area contributed by atoms with Crippen LogP contribution in [0.2, 0.25) is 0 Å². The fourth-order valence-electron chi connectivity index (χ4n) is 21.7.